The van der Waals surface area contributed by atoms with E-state index in [-0.39, 0.29) is 18.1 Å². The van der Waals surface area contributed by atoms with Gasteiger partial charge in [0.05, 0.1) is 23.0 Å². The number of amides is 1. The Morgan fingerprint density at radius 3 is 2.83 bits per heavy atom. The summed E-state index contributed by atoms with van der Waals surface area (Å²) in [6.07, 6.45) is 1.37. The molecule has 0 saturated carbocycles. The number of aliphatic hydroxyl groups is 1. The highest BCUT2D eigenvalue weighted by Gasteiger charge is 2.30. The number of benzene rings is 1. The van der Waals surface area contributed by atoms with Crippen LogP contribution in [0.4, 0.5) is 0 Å². The highest BCUT2D eigenvalue weighted by molar-refractivity contribution is 5.94. The maximum atomic E-state index is 13.1. The normalized spacial score (nSPS) is 18.9. The van der Waals surface area contributed by atoms with Gasteiger partial charge < -0.3 is 10.0 Å². The summed E-state index contributed by atoms with van der Waals surface area (Å²) >= 11 is 0. The molecule has 3 heterocycles. The fourth-order valence-electron chi connectivity index (χ4n) is 3.95. The molecule has 152 valence electrons. The number of rotatable bonds is 4. The van der Waals surface area contributed by atoms with Gasteiger partial charge in [-0.2, -0.15) is 0 Å². The van der Waals surface area contributed by atoms with Crippen molar-refractivity contribution in [2.75, 3.05) is 26.2 Å². The number of carbonyl (C=O) groups excluding carboxylic acids is 1. The molecule has 1 amide bonds. The van der Waals surface area contributed by atoms with Crippen molar-refractivity contribution in [2.45, 2.75) is 32.9 Å². The lowest BCUT2D eigenvalue weighted by Crippen LogP contribution is -2.55. The molecule has 1 aromatic carbocycles. The Morgan fingerprint density at radius 1 is 1.28 bits per heavy atom. The molecule has 0 unspecified atom stereocenters. The molecule has 2 atom stereocenters. The van der Waals surface area contributed by atoms with E-state index < -0.39 is 0 Å². The molecule has 2 aromatic heterocycles. The number of nitrogens with zero attached hydrogens (tertiary/aromatic N) is 6. The summed E-state index contributed by atoms with van der Waals surface area (Å²) in [6, 6.07) is 9.96. The van der Waals surface area contributed by atoms with Crippen LogP contribution in [0.5, 0.6) is 0 Å². The summed E-state index contributed by atoms with van der Waals surface area (Å²) in [4.78, 5) is 21.6. The third-order valence-corrected chi connectivity index (χ3v) is 5.49. The Balaban J connectivity index is 1.58. The van der Waals surface area contributed by atoms with Crippen LogP contribution in [0.15, 0.2) is 36.5 Å². The van der Waals surface area contributed by atoms with Gasteiger partial charge in [0.25, 0.3) is 5.91 Å². The summed E-state index contributed by atoms with van der Waals surface area (Å²) in [6.45, 7) is 8.29. The third-order valence-electron chi connectivity index (χ3n) is 5.49. The van der Waals surface area contributed by atoms with E-state index in [1.54, 1.807) is 17.8 Å². The molecule has 0 radical (unpaired) electrons. The van der Waals surface area contributed by atoms with Gasteiger partial charge in [-0.3, -0.25) is 14.7 Å². The summed E-state index contributed by atoms with van der Waals surface area (Å²) in [5, 5.41) is 19.1. The van der Waals surface area contributed by atoms with Crippen LogP contribution < -0.4 is 0 Å². The second kappa shape index (κ2) is 7.88. The van der Waals surface area contributed by atoms with Crippen LogP contribution in [0.3, 0.4) is 0 Å². The standard InChI is InChI=1S/C21H26N6O2/c1-14-12-26(11-10-25(14)13-15(2)28)21(29)19-16(3)27(24-23-19)18-8-4-6-17-7-5-9-22-20(17)18/h4-9,14-15,28H,10-13H2,1-3H3/t14-,15-/m0/s1. The fraction of sp³-hybridized carbons (Fsp3) is 0.429. The SMILES string of the molecule is Cc1c(C(=O)N2CCN(C[C@H](C)O)[C@@H](C)C2)nnn1-c1cccc2cccnc12. The van der Waals surface area contributed by atoms with E-state index >= 15 is 0 Å². The number of aromatic nitrogens is 4. The largest absolute Gasteiger partial charge is 0.392 e. The summed E-state index contributed by atoms with van der Waals surface area (Å²) in [5.74, 6) is -0.106. The van der Waals surface area contributed by atoms with E-state index in [9.17, 15) is 9.90 Å². The molecular weight excluding hydrogens is 368 g/mol. The number of hydrogen-bond donors (Lipinski definition) is 1. The van der Waals surface area contributed by atoms with Crippen molar-refractivity contribution in [3.8, 4) is 5.69 Å². The molecule has 1 N–H and O–H groups in total. The second-order valence-corrected chi connectivity index (χ2v) is 7.73. The van der Waals surface area contributed by atoms with Gasteiger partial charge in [-0.15, -0.1) is 5.10 Å². The van der Waals surface area contributed by atoms with E-state index in [2.05, 4.69) is 27.1 Å². The van der Waals surface area contributed by atoms with Crippen LogP contribution in [0.2, 0.25) is 0 Å². The molecule has 8 nitrogen and oxygen atoms in total. The molecule has 0 aliphatic carbocycles. The first-order valence-electron chi connectivity index (χ1n) is 9.93. The number of aliphatic hydroxyl groups excluding tert-OH is 1. The number of hydrogen-bond acceptors (Lipinski definition) is 6. The monoisotopic (exact) mass is 394 g/mol. The summed E-state index contributed by atoms with van der Waals surface area (Å²) < 4.78 is 1.69. The van der Waals surface area contributed by atoms with E-state index in [0.29, 0.717) is 31.0 Å². The van der Waals surface area contributed by atoms with Gasteiger partial charge in [0.2, 0.25) is 0 Å². The third kappa shape index (κ3) is 3.73. The van der Waals surface area contributed by atoms with Crippen molar-refractivity contribution in [3.05, 3.63) is 47.9 Å². The van der Waals surface area contributed by atoms with Crippen LogP contribution in [-0.2, 0) is 0 Å². The zero-order valence-corrected chi connectivity index (χ0v) is 17.0. The topological polar surface area (TPSA) is 87.4 Å². The van der Waals surface area contributed by atoms with Crippen molar-refractivity contribution < 1.29 is 9.90 Å². The van der Waals surface area contributed by atoms with Gasteiger partial charge in [0, 0.05) is 43.8 Å². The van der Waals surface area contributed by atoms with Crippen LogP contribution in [0.25, 0.3) is 16.6 Å². The molecule has 1 saturated heterocycles. The quantitative estimate of drug-likeness (QED) is 0.724. The van der Waals surface area contributed by atoms with E-state index in [1.807, 2.05) is 42.2 Å². The Kier molecular flexibility index (Phi) is 5.29. The van der Waals surface area contributed by atoms with E-state index in [1.165, 1.54) is 0 Å². The molecule has 0 bridgehead atoms. The predicted octanol–water partition coefficient (Wildman–Crippen LogP) is 1.65. The lowest BCUT2D eigenvalue weighted by molar-refractivity contribution is 0.0361. The molecule has 0 spiro atoms. The van der Waals surface area contributed by atoms with Crippen molar-refractivity contribution >= 4 is 16.8 Å². The number of pyridine rings is 1. The molecule has 1 aliphatic rings. The van der Waals surface area contributed by atoms with Gasteiger partial charge in [-0.25, -0.2) is 4.68 Å². The number of para-hydroxylation sites is 1. The van der Waals surface area contributed by atoms with Gasteiger partial charge in [-0.1, -0.05) is 23.4 Å². The van der Waals surface area contributed by atoms with Gasteiger partial charge >= 0.3 is 0 Å². The molecular formula is C21H26N6O2. The van der Waals surface area contributed by atoms with Crippen molar-refractivity contribution in [1.29, 1.82) is 0 Å². The molecule has 29 heavy (non-hydrogen) atoms. The van der Waals surface area contributed by atoms with Crippen molar-refractivity contribution in [1.82, 2.24) is 29.8 Å². The molecule has 3 aromatic rings. The maximum Gasteiger partial charge on any atom is 0.276 e. The fourth-order valence-corrected chi connectivity index (χ4v) is 3.95. The van der Waals surface area contributed by atoms with E-state index in [4.69, 9.17) is 0 Å². The number of piperazine rings is 1. The highest BCUT2D eigenvalue weighted by Crippen LogP contribution is 2.22. The second-order valence-electron chi connectivity index (χ2n) is 7.73. The lowest BCUT2D eigenvalue weighted by Gasteiger charge is -2.40. The zero-order valence-electron chi connectivity index (χ0n) is 17.0. The zero-order chi connectivity index (χ0) is 20.5. The van der Waals surface area contributed by atoms with Crippen molar-refractivity contribution in [2.24, 2.45) is 0 Å². The smallest absolute Gasteiger partial charge is 0.276 e. The minimum absolute atomic E-state index is 0.106. The first-order chi connectivity index (χ1) is 14.0. The number of carbonyl (C=O) groups is 1. The number of β-amino-alcohol motifs (C(OH)–C–C–N with tert-alkyl or cyclic N) is 1. The summed E-state index contributed by atoms with van der Waals surface area (Å²) in [7, 11) is 0. The Labute approximate surface area is 169 Å². The van der Waals surface area contributed by atoms with Gasteiger partial charge in [-0.05, 0) is 32.9 Å². The van der Waals surface area contributed by atoms with Gasteiger partial charge in [0.1, 0.15) is 0 Å². The maximum absolute atomic E-state index is 13.1. The van der Waals surface area contributed by atoms with Crippen LogP contribution in [0, 0.1) is 6.92 Å². The average Bonchev–Trinajstić information content (AvgIpc) is 3.09. The molecule has 1 aliphatic heterocycles. The Hall–Kier alpha value is -2.84. The molecule has 1 fully saturated rings. The predicted molar refractivity (Wildman–Crippen MR) is 110 cm³/mol. The first kappa shape index (κ1) is 19.5. The number of fused-ring (bicyclic) bond motifs is 1. The minimum Gasteiger partial charge on any atom is -0.392 e. The Morgan fingerprint density at radius 2 is 2.07 bits per heavy atom. The Bertz CT molecular complexity index is 1030. The minimum atomic E-state index is -0.379. The van der Waals surface area contributed by atoms with E-state index in [0.717, 1.165) is 23.1 Å². The lowest BCUT2D eigenvalue weighted by atomic mass is 10.1. The molecule has 4 rings (SSSR count). The average molecular weight is 394 g/mol. The first-order valence-corrected chi connectivity index (χ1v) is 9.93. The van der Waals surface area contributed by atoms with Crippen LogP contribution in [-0.4, -0.2) is 79.1 Å². The highest BCUT2D eigenvalue weighted by atomic mass is 16.3. The van der Waals surface area contributed by atoms with Crippen molar-refractivity contribution in [3.63, 3.8) is 0 Å². The summed E-state index contributed by atoms with van der Waals surface area (Å²) in [5.41, 5.74) is 2.70. The van der Waals surface area contributed by atoms with Crippen LogP contribution in [0.1, 0.15) is 30.0 Å². The van der Waals surface area contributed by atoms with Gasteiger partial charge in [0.15, 0.2) is 5.69 Å². The molecule has 8 heteroatoms. The van der Waals surface area contributed by atoms with Crippen LogP contribution >= 0.6 is 0 Å².